The molecule has 0 spiro atoms. The maximum atomic E-state index is 12.1. The first-order chi connectivity index (χ1) is 13.3. The van der Waals surface area contributed by atoms with Crippen LogP contribution in [0, 0.1) is 0 Å². The van der Waals surface area contributed by atoms with Crippen LogP contribution in [0.25, 0.3) is 0 Å². The number of rotatable bonds is 8. The van der Waals surface area contributed by atoms with Crippen LogP contribution in [-0.4, -0.2) is 30.4 Å². The minimum absolute atomic E-state index is 0.0565. The van der Waals surface area contributed by atoms with Gasteiger partial charge in [-0.05, 0) is 61.7 Å². The summed E-state index contributed by atoms with van der Waals surface area (Å²) in [6.45, 7) is 6.85. The van der Waals surface area contributed by atoms with Crippen molar-refractivity contribution in [1.29, 1.82) is 0 Å². The molecule has 1 N–H and O–H groups in total. The van der Waals surface area contributed by atoms with Crippen LogP contribution in [-0.2, 0) is 14.3 Å². The van der Waals surface area contributed by atoms with E-state index in [0.29, 0.717) is 22.9 Å². The molecule has 0 radical (unpaired) electrons. The van der Waals surface area contributed by atoms with E-state index in [1.54, 1.807) is 36.4 Å². The molecule has 0 aliphatic carbocycles. The fourth-order valence-electron chi connectivity index (χ4n) is 2.41. The van der Waals surface area contributed by atoms with Crippen LogP contribution >= 0.6 is 0 Å². The van der Waals surface area contributed by atoms with Gasteiger partial charge in [-0.1, -0.05) is 26.0 Å². The van der Waals surface area contributed by atoms with Crippen molar-refractivity contribution in [1.82, 2.24) is 0 Å². The molecule has 0 saturated heterocycles. The molecular weight excluding hydrogens is 358 g/mol. The van der Waals surface area contributed by atoms with E-state index < -0.39 is 18.0 Å². The molecule has 6 heteroatoms. The quantitative estimate of drug-likeness (QED) is 0.551. The van der Waals surface area contributed by atoms with Gasteiger partial charge in [0.05, 0.1) is 0 Å². The van der Waals surface area contributed by atoms with Gasteiger partial charge in [-0.25, -0.2) is 4.79 Å². The Morgan fingerprint density at radius 2 is 1.54 bits per heavy atom. The van der Waals surface area contributed by atoms with Crippen LogP contribution in [0.5, 0.6) is 5.75 Å². The number of Topliss-reactive ketones (excluding diaryl/α,β-unsaturated/α-hetero) is 1. The Kier molecular flexibility index (Phi) is 7.32. The van der Waals surface area contributed by atoms with E-state index in [0.717, 1.165) is 0 Å². The van der Waals surface area contributed by atoms with Crippen LogP contribution in [0.15, 0.2) is 48.5 Å². The van der Waals surface area contributed by atoms with Crippen molar-refractivity contribution in [2.24, 2.45) is 0 Å². The second-order valence-corrected chi connectivity index (χ2v) is 6.77. The van der Waals surface area contributed by atoms with E-state index in [1.807, 2.05) is 12.1 Å². The van der Waals surface area contributed by atoms with Crippen molar-refractivity contribution in [2.75, 3.05) is 11.9 Å². The molecule has 0 fully saturated rings. The number of hydrogen-bond donors (Lipinski definition) is 1. The zero-order valence-corrected chi connectivity index (χ0v) is 16.5. The summed E-state index contributed by atoms with van der Waals surface area (Å²) < 4.78 is 10.5. The number of anilines is 1. The minimum Gasteiger partial charge on any atom is -0.482 e. The zero-order valence-electron chi connectivity index (χ0n) is 16.5. The van der Waals surface area contributed by atoms with Crippen molar-refractivity contribution in [3.05, 3.63) is 59.7 Å². The van der Waals surface area contributed by atoms with Gasteiger partial charge >= 0.3 is 5.97 Å². The van der Waals surface area contributed by atoms with Crippen molar-refractivity contribution in [3.8, 4) is 5.75 Å². The van der Waals surface area contributed by atoms with E-state index in [4.69, 9.17) is 9.47 Å². The van der Waals surface area contributed by atoms with Crippen LogP contribution in [0.2, 0.25) is 0 Å². The Morgan fingerprint density at radius 1 is 0.929 bits per heavy atom. The van der Waals surface area contributed by atoms with Gasteiger partial charge in [-0.2, -0.15) is 0 Å². The third-order valence-electron chi connectivity index (χ3n) is 4.14. The van der Waals surface area contributed by atoms with Crippen LogP contribution in [0.4, 0.5) is 5.69 Å². The van der Waals surface area contributed by atoms with E-state index >= 15 is 0 Å². The highest BCUT2D eigenvalue weighted by Gasteiger charge is 2.18. The highest BCUT2D eigenvalue weighted by molar-refractivity contribution is 5.97. The Labute approximate surface area is 164 Å². The molecule has 148 valence electrons. The van der Waals surface area contributed by atoms with E-state index in [1.165, 1.54) is 19.4 Å². The van der Waals surface area contributed by atoms with Crippen molar-refractivity contribution < 1.29 is 23.9 Å². The van der Waals surface area contributed by atoms with Crippen molar-refractivity contribution >= 4 is 23.3 Å². The predicted octanol–water partition coefficient (Wildman–Crippen LogP) is 3.96. The van der Waals surface area contributed by atoms with Gasteiger partial charge in [0.25, 0.3) is 5.91 Å². The van der Waals surface area contributed by atoms with E-state index in [2.05, 4.69) is 19.2 Å². The molecule has 0 heterocycles. The Morgan fingerprint density at radius 3 is 2.07 bits per heavy atom. The molecule has 6 nitrogen and oxygen atoms in total. The monoisotopic (exact) mass is 383 g/mol. The number of carbonyl (C=O) groups is 3. The van der Waals surface area contributed by atoms with Crippen LogP contribution in [0.3, 0.4) is 0 Å². The molecule has 0 aromatic heterocycles. The molecule has 2 aromatic carbocycles. The molecule has 1 amide bonds. The fourth-order valence-corrected chi connectivity index (χ4v) is 2.41. The van der Waals surface area contributed by atoms with Crippen molar-refractivity contribution in [3.63, 3.8) is 0 Å². The largest absolute Gasteiger partial charge is 0.482 e. The average molecular weight is 383 g/mol. The van der Waals surface area contributed by atoms with E-state index in [9.17, 15) is 14.4 Å². The normalized spacial score (nSPS) is 11.6. The summed E-state index contributed by atoms with van der Waals surface area (Å²) in [7, 11) is 0. The van der Waals surface area contributed by atoms with E-state index in [-0.39, 0.29) is 12.4 Å². The molecule has 0 aliphatic heterocycles. The van der Waals surface area contributed by atoms with Crippen LogP contribution < -0.4 is 10.1 Å². The molecule has 0 saturated carbocycles. The fraction of sp³-hybridized carbons (Fsp3) is 0.318. The minimum atomic E-state index is -0.980. The lowest BCUT2D eigenvalue weighted by Crippen LogP contribution is -2.31. The van der Waals surface area contributed by atoms with Crippen LogP contribution in [0.1, 0.15) is 49.5 Å². The summed E-state index contributed by atoms with van der Waals surface area (Å²) in [5.74, 6) is -0.187. The zero-order chi connectivity index (χ0) is 20.7. The molecule has 1 atom stereocenters. The number of nitrogens with one attached hydrogen (secondary N) is 1. The Hall–Kier alpha value is -3.15. The summed E-state index contributed by atoms with van der Waals surface area (Å²) in [5.41, 5.74) is 2.24. The predicted molar refractivity (Wildman–Crippen MR) is 107 cm³/mol. The second-order valence-electron chi connectivity index (χ2n) is 6.77. The topological polar surface area (TPSA) is 81.7 Å². The molecule has 0 aliphatic rings. The van der Waals surface area contributed by atoms with Gasteiger partial charge in [0.15, 0.2) is 18.5 Å². The third kappa shape index (κ3) is 6.23. The first-order valence-electron chi connectivity index (χ1n) is 9.10. The molecule has 28 heavy (non-hydrogen) atoms. The first kappa shape index (κ1) is 21.2. The molecule has 2 aromatic rings. The SMILES string of the molecule is CC(=O)c1ccc(NC(=O)[C@@H](C)OC(=O)COc2ccc(C(C)C)cc2)cc1. The molecule has 2 rings (SSSR count). The maximum Gasteiger partial charge on any atom is 0.344 e. The third-order valence-corrected chi connectivity index (χ3v) is 4.14. The lowest BCUT2D eigenvalue weighted by molar-refractivity contribution is -0.155. The number of ether oxygens (including phenoxy) is 2. The summed E-state index contributed by atoms with van der Waals surface area (Å²) in [4.78, 5) is 35.3. The summed E-state index contributed by atoms with van der Waals surface area (Å²) in [6.07, 6.45) is -0.980. The maximum absolute atomic E-state index is 12.1. The number of esters is 1. The number of amides is 1. The number of carbonyl (C=O) groups excluding carboxylic acids is 3. The van der Waals surface area contributed by atoms with Gasteiger partial charge < -0.3 is 14.8 Å². The highest BCUT2D eigenvalue weighted by Crippen LogP contribution is 2.18. The van der Waals surface area contributed by atoms with Gasteiger partial charge in [-0.3, -0.25) is 9.59 Å². The Balaban J connectivity index is 1.80. The number of ketones is 1. The standard InChI is InChI=1S/C22H25NO5/c1-14(2)17-7-11-20(12-8-17)27-13-21(25)28-16(4)22(26)23-19-9-5-18(6-10-19)15(3)24/h5-12,14,16H,13H2,1-4H3,(H,23,26)/t16-/m1/s1. The summed E-state index contributed by atoms with van der Waals surface area (Å²) in [6, 6.07) is 13.9. The Bertz CT molecular complexity index is 825. The summed E-state index contributed by atoms with van der Waals surface area (Å²) in [5, 5.41) is 2.64. The molecule has 0 bridgehead atoms. The average Bonchev–Trinajstić information content (AvgIpc) is 2.67. The van der Waals surface area contributed by atoms with Gasteiger partial charge in [-0.15, -0.1) is 0 Å². The molecule has 0 unspecified atom stereocenters. The highest BCUT2D eigenvalue weighted by atomic mass is 16.6. The van der Waals surface area contributed by atoms with Gasteiger partial charge in [0.2, 0.25) is 0 Å². The van der Waals surface area contributed by atoms with Gasteiger partial charge in [0.1, 0.15) is 5.75 Å². The smallest absolute Gasteiger partial charge is 0.344 e. The first-order valence-corrected chi connectivity index (χ1v) is 9.10. The number of hydrogen-bond acceptors (Lipinski definition) is 5. The second kappa shape index (κ2) is 9.69. The lowest BCUT2D eigenvalue weighted by Gasteiger charge is -2.14. The lowest BCUT2D eigenvalue weighted by atomic mass is 10.0. The summed E-state index contributed by atoms with van der Waals surface area (Å²) >= 11 is 0. The molecular formula is C22H25NO5. The van der Waals surface area contributed by atoms with Gasteiger partial charge in [0, 0.05) is 11.3 Å². The van der Waals surface area contributed by atoms with Crippen molar-refractivity contribution in [2.45, 2.75) is 39.7 Å². The number of benzene rings is 2.